The summed E-state index contributed by atoms with van der Waals surface area (Å²) in [5.41, 5.74) is 9.32. The maximum atomic E-state index is 5.87. The predicted molar refractivity (Wildman–Crippen MR) is 82.0 cm³/mol. The Kier molecular flexibility index (Phi) is 4.53. The van der Waals surface area contributed by atoms with Crippen LogP contribution in [0.3, 0.4) is 0 Å². The lowest BCUT2D eigenvalue weighted by molar-refractivity contribution is 0.578. The fraction of sp³-hybridized carbons (Fsp3) is 0.500. The molecule has 0 bridgehead atoms. The maximum Gasteiger partial charge on any atom is 0.158 e. The van der Waals surface area contributed by atoms with Crippen LogP contribution in [-0.2, 0) is 0 Å². The standard InChI is InChI=1S/C14H21N3S/c1-11-7-6-8-12(13(11)16-14(15)18-2)17-9-4-3-5-10-17/h6-8H,3-5,9-10H2,1-2H3,(H2,15,16). The van der Waals surface area contributed by atoms with Gasteiger partial charge in [0.05, 0.1) is 11.4 Å². The Morgan fingerprint density at radius 1 is 1.28 bits per heavy atom. The van der Waals surface area contributed by atoms with Gasteiger partial charge in [-0.3, -0.25) is 0 Å². The van der Waals surface area contributed by atoms with E-state index in [-0.39, 0.29) is 0 Å². The quantitative estimate of drug-likeness (QED) is 0.657. The highest BCUT2D eigenvalue weighted by Crippen LogP contribution is 2.34. The van der Waals surface area contributed by atoms with Gasteiger partial charge in [0.1, 0.15) is 0 Å². The summed E-state index contributed by atoms with van der Waals surface area (Å²) < 4.78 is 0. The number of aryl methyl sites for hydroxylation is 1. The Labute approximate surface area is 113 Å². The number of hydrogen-bond acceptors (Lipinski definition) is 3. The summed E-state index contributed by atoms with van der Waals surface area (Å²) in [5.74, 6) is 0. The van der Waals surface area contributed by atoms with E-state index in [1.807, 2.05) is 6.26 Å². The van der Waals surface area contributed by atoms with Gasteiger partial charge in [-0.25, -0.2) is 4.99 Å². The Bertz CT molecular complexity index is 437. The van der Waals surface area contributed by atoms with Gasteiger partial charge in [0.25, 0.3) is 0 Å². The first-order valence-electron chi connectivity index (χ1n) is 6.45. The minimum absolute atomic E-state index is 0.627. The number of para-hydroxylation sites is 1. The molecule has 1 aliphatic rings. The highest BCUT2D eigenvalue weighted by atomic mass is 32.2. The van der Waals surface area contributed by atoms with Gasteiger partial charge in [-0.2, -0.15) is 0 Å². The smallest absolute Gasteiger partial charge is 0.158 e. The van der Waals surface area contributed by atoms with Gasteiger partial charge >= 0.3 is 0 Å². The van der Waals surface area contributed by atoms with E-state index in [1.54, 1.807) is 0 Å². The van der Waals surface area contributed by atoms with Gasteiger partial charge in [-0.15, -0.1) is 0 Å². The number of aliphatic imine (C=N–C) groups is 1. The highest BCUT2D eigenvalue weighted by molar-refractivity contribution is 8.13. The molecule has 0 aliphatic carbocycles. The number of piperidine rings is 1. The lowest BCUT2D eigenvalue weighted by Crippen LogP contribution is -2.29. The molecule has 1 saturated heterocycles. The summed E-state index contributed by atoms with van der Waals surface area (Å²) in [6, 6.07) is 6.36. The third-order valence-electron chi connectivity index (χ3n) is 3.34. The lowest BCUT2D eigenvalue weighted by atomic mass is 10.1. The molecule has 0 aromatic heterocycles. The fourth-order valence-corrected chi connectivity index (χ4v) is 2.52. The first kappa shape index (κ1) is 13.3. The minimum Gasteiger partial charge on any atom is -0.378 e. The molecule has 3 nitrogen and oxygen atoms in total. The van der Waals surface area contributed by atoms with Gasteiger partial charge in [0.15, 0.2) is 5.17 Å². The molecule has 2 rings (SSSR count). The first-order valence-corrected chi connectivity index (χ1v) is 7.67. The highest BCUT2D eigenvalue weighted by Gasteiger charge is 2.15. The zero-order valence-corrected chi connectivity index (χ0v) is 12.0. The Balaban J connectivity index is 2.36. The molecule has 2 N–H and O–H groups in total. The van der Waals surface area contributed by atoms with Gasteiger partial charge in [-0.1, -0.05) is 23.9 Å². The molecular formula is C14H21N3S. The monoisotopic (exact) mass is 263 g/mol. The number of nitrogens with zero attached hydrogens (tertiary/aromatic N) is 2. The SMILES string of the molecule is CSC(N)=Nc1c(C)cccc1N1CCCCC1. The van der Waals surface area contributed by atoms with E-state index in [4.69, 9.17) is 5.73 Å². The molecule has 0 atom stereocenters. The van der Waals surface area contributed by atoms with Crippen molar-refractivity contribution in [3.05, 3.63) is 23.8 Å². The van der Waals surface area contributed by atoms with Crippen molar-refractivity contribution in [2.45, 2.75) is 26.2 Å². The van der Waals surface area contributed by atoms with Crippen LogP contribution in [0.25, 0.3) is 0 Å². The van der Waals surface area contributed by atoms with Crippen molar-refractivity contribution in [2.75, 3.05) is 24.2 Å². The molecule has 98 valence electrons. The largest absolute Gasteiger partial charge is 0.378 e. The number of nitrogens with two attached hydrogens (primary N) is 1. The van der Waals surface area contributed by atoms with E-state index in [0.717, 1.165) is 18.8 Å². The van der Waals surface area contributed by atoms with Crippen LogP contribution in [0.2, 0.25) is 0 Å². The van der Waals surface area contributed by atoms with E-state index in [0.29, 0.717) is 5.17 Å². The van der Waals surface area contributed by atoms with Crippen molar-refractivity contribution in [3.63, 3.8) is 0 Å². The second kappa shape index (κ2) is 6.14. The topological polar surface area (TPSA) is 41.6 Å². The van der Waals surface area contributed by atoms with Crippen LogP contribution >= 0.6 is 11.8 Å². The van der Waals surface area contributed by atoms with Crippen molar-refractivity contribution < 1.29 is 0 Å². The molecule has 1 aliphatic heterocycles. The number of benzene rings is 1. The summed E-state index contributed by atoms with van der Waals surface area (Å²) in [4.78, 5) is 7.00. The van der Waals surface area contributed by atoms with E-state index in [9.17, 15) is 0 Å². The van der Waals surface area contributed by atoms with Crippen molar-refractivity contribution in [3.8, 4) is 0 Å². The number of amidine groups is 1. The zero-order chi connectivity index (χ0) is 13.0. The molecule has 1 fully saturated rings. The average Bonchev–Trinajstić information content (AvgIpc) is 2.42. The third-order valence-corrected chi connectivity index (χ3v) is 3.85. The average molecular weight is 263 g/mol. The molecule has 0 unspecified atom stereocenters. The number of anilines is 1. The Morgan fingerprint density at radius 2 is 2.00 bits per heavy atom. The fourth-order valence-electron chi connectivity index (χ4n) is 2.33. The van der Waals surface area contributed by atoms with Gasteiger partial charge in [0, 0.05) is 13.1 Å². The predicted octanol–water partition coefficient (Wildman–Crippen LogP) is 3.29. The van der Waals surface area contributed by atoms with Gasteiger partial charge in [0.2, 0.25) is 0 Å². The van der Waals surface area contributed by atoms with Crippen molar-refractivity contribution in [1.29, 1.82) is 0 Å². The second-order valence-corrected chi connectivity index (χ2v) is 5.47. The molecule has 0 saturated carbocycles. The molecule has 0 amide bonds. The van der Waals surface area contributed by atoms with Crippen molar-refractivity contribution >= 4 is 28.3 Å². The summed E-state index contributed by atoms with van der Waals surface area (Å²) in [5, 5.41) is 0.627. The molecule has 0 spiro atoms. The maximum absolute atomic E-state index is 5.87. The van der Waals surface area contributed by atoms with Crippen LogP contribution in [0.5, 0.6) is 0 Å². The van der Waals surface area contributed by atoms with E-state index >= 15 is 0 Å². The summed E-state index contributed by atoms with van der Waals surface area (Å²) in [6.45, 7) is 4.36. The van der Waals surface area contributed by atoms with Crippen LogP contribution in [-0.4, -0.2) is 24.5 Å². The van der Waals surface area contributed by atoms with Crippen LogP contribution in [0.1, 0.15) is 24.8 Å². The van der Waals surface area contributed by atoms with Gasteiger partial charge < -0.3 is 10.6 Å². The molecule has 1 aromatic carbocycles. The molecule has 4 heteroatoms. The molecule has 1 aromatic rings. The summed E-state index contributed by atoms with van der Waals surface area (Å²) >= 11 is 1.49. The Hall–Kier alpha value is -1.16. The van der Waals surface area contributed by atoms with E-state index < -0.39 is 0 Å². The number of hydrogen-bond donors (Lipinski definition) is 1. The minimum atomic E-state index is 0.627. The van der Waals surface area contributed by atoms with Crippen LogP contribution in [0.4, 0.5) is 11.4 Å². The Morgan fingerprint density at radius 3 is 2.67 bits per heavy atom. The lowest BCUT2D eigenvalue weighted by Gasteiger charge is -2.30. The third kappa shape index (κ3) is 2.99. The molecular weight excluding hydrogens is 242 g/mol. The van der Waals surface area contributed by atoms with Crippen LogP contribution in [0, 0.1) is 6.92 Å². The van der Waals surface area contributed by atoms with E-state index in [1.165, 1.54) is 42.3 Å². The normalized spacial score (nSPS) is 17.0. The number of thioether (sulfide) groups is 1. The second-order valence-electron chi connectivity index (χ2n) is 4.64. The number of rotatable bonds is 2. The molecule has 1 heterocycles. The summed E-state index contributed by atoms with van der Waals surface area (Å²) in [7, 11) is 0. The molecule has 18 heavy (non-hydrogen) atoms. The van der Waals surface area contributed by atoms with Crippen molar-refractivity contribution in [2.24, 2.45) is 10.7 Å². The first-order chi connectivity index (χ1) is 8.72. The van der Waals surface area contributed by atoms with Gasteiger partial charge in [-0.05, 0) is 44.1 Å². The van der Waals surface area contributed by atoms with Crippen LogP contribution < -0.4 is 10.6 Å². The summed E-state index contributed by atoms with van der Waals surface area (Å²) in [6.07, 6.45) is 5.84. The molecule has 0 radical (unpaired) electrons. The van der Waals surface area contributed by atoms with E-state index in [2.05, 4.69) is 35.0 Å². The van der Waals surface area contributed by atoms with Crippen LogP contribution in [0.15, 0.2) is 23.2 Å². The zero-order valence-electron chi connectivity index (χ0n) is 11.1. The van der Waals surface area contributed by atoms with Crippen molar-refractivity contribution in [1.82, 2.24) is 0 Å².